The molecule has 2 atom stereocenters. The standard InChI is InChI=1S/C24H24F2NO6PS.C2H6/c1-15(23(30)32-13-17-11-24(25,26)12-17)27-34(31,33-19-5-3-2-4-6-19)14-16-7-8-20-18(9-16)10-21(35-20)22(28)29;1-2/h2-10,15,17H,11-14H2,1H3,(H,27,31)(H,28,29);1-2H3. The summed E-state index contributed by atoms with van der Waals surface area (Å²) in [7, 11) is -3.71. The van der Waals surface area contributed by atoms with Crippen LogP contribution >= 0.6 is 18.9 Å². The predicted octanol–water partition coefficient (Wildman–Crippen LogP) is 6.96. The Kier molecular flexibility index (Phi) is 9.45. The molecular weight excluding hydrogens is 523 g/mol. The molecule has 0 saturated heterocycles. The molecule has 1 heterocycles. The van der Waals surface area contributed by atoms with E-state index < -0.39 is 31.4 Å². The van der Waals surface area contributed by atoms with Crippen molar-refractivity contribution >= 4 is 40.9 Å². The second-order valence-corrected chi connectivity index (χ2v) is 11.8. The summed E-state index contributed by atoms with van der Waals surface area (Å²) in [6, 6.07) is 14.2. The number of halogens is 2. The molecule has 200 valence electrons. The minimum Gasteiger partial charge on any atom is -0.477 e. The number of carboxylic acid groups (broad SMARTS) is 1. The van der Waals surface area contributed by atoms with Gasteiger partial charge in [-0.2, -0.15) is 0 Å². The average Bonchev–Trinajstić information content (AvgIpc) is 3.26. The molecule has 0 aliphatic heterocycles. The number of carbonyl (C=O) groups excluding carboxylic acids is 1. The molecule has 1 saturated carbocycles. The van der Waals surface area contributed by atoms with Gasteiger partial charge in [0.1, 0.15) is 16.7 Å². The largest absolute Gasteiger partial charge is 0.477 e. The Bertz CT molecular complexity index is 1270. The van der Waals surface area contributed by atoms with Gasteiger partial charge in [-0.15, -0.1) is 11.3 Å². The molecule has 7 nitrogen and oxygen atoms in total. The molecule has 3 aromatic rings. The topological polar surface area (TPSA) is 102 Å². The fourth-order valence-electron chi connectivity index (χ4n) is 3.87. The molecule has 0 spiro atoms. The van der Waals surface area contributed by atoms with Crippen molar-refractivity contribution < 1.29 is 37.3 Å². The van der Waals surface area contributed by atoms with Gasteiger partial charge in [0.15, 0.2) is 0 Å². The van der Waals surface area contributed by atoms with E-state index in [1.54, 1.807) is 54.6 Å². The van der Waals surface area contributed by atoms with Gasteiger partial charge in [0.25, 0.3) is 0 Å². The first kappa shape index (κ1) is 28.8. The lowest BCUT2D eigenvalue weighted by Gasteiger charge is -2.34. The van der Waals surface area contributed by atoms with Gasteiger partial charge in [0, 0.05) is 23.5 Å². The number of para-hydroxylation sites is 1. The number of ether oxygens (including phenoxy) is 1. The molecule has 0 radical (unpaired) electrons. The molecule has 4 rings (SSSR count). The third-order valence-corrected chi connectivity index (χ3v) is 8.73. The lowest BCUT2D eigenvalue weighted by molar-refractivity contribution is -0.158. The Morgan fingerprint density at radius 3 is 2.46 bits per heavy atom. The molecule has 1 fully saturated rings. The summed E-state index contributed by atoms with van der Waals surface area (Å²) in [5.41, 5.74) is 0.622. The second-order valence-electron chi connectivity index (χ2n) is 8.63. The number of alkyl halides is 2. The van der Waals surface area contributed by atoms with Crippen LogP contribution < -0.4 is 9.61 Å². The van der Waals surface area contributed by atoms with Crippen LogP contribution in [0.2, 0.25) is 0 Å². The van der Waals surface area contributed by atoms with Crippen molar-refractivity contribution in [3.8, 4) is 5.75 Å². The Labute approximate surface area is 218 Å². The minimum atomic E-state index is -3.71. The molecule has 37 heavy (non-hydrogen) atoms. The fourth-order valence-corrected chi connectivity index (χ4v) is 6.79. The summed E-state index contributed by atoms with van der Waals surface area (Å²) in [5, 5.41) is 12.7. The van der Waals surface area contributed by atoms with Crippen LogP contribution in [0.3, 0.4) is 0 Å². The Balaban J connectivity index is 0.00000186. The number of hydrogen-bond acceptors (Lipinski definition) is 6. The number of carboxylic acids is 1. The van der Waals surface area contributed by atoms with E-state index in [1.165, 1.54) is 6.92 Å². The first-order valence-electron chi connectivity index (χ1n) is 11.9. The van der Waals surface area contributed by atoms with E-state index in [9.17, 15) is 28.0 Å². The van der Waals surface area contributed by atoms with Crippen LogP contribution in [0.4, 0.5) is 8.78 Å². The molecule has 2 aromatic carbocycles. The zero-order chi connectivity index (χ0) is 27.2. The van der Waals surface area contributed by atoms with Crippen molar-refractivity contribution in [2.75, 3.05) is 6.61 Å². The summed E-state index contributed by atoms with van der Waals surface area (Å²) >= 11 is 1.14. The van der Waals surface area contributed by atoms with Crippen molar-refractivity contribution in [3.05, 3.63) is 65.0 Å². The van der Waals surface area contributed by atoms with Gasteiger partial charge in [0.05, 0.1) is 12.8 Å². The van der Waals surface area contributed by atoms with Gasteiger partial charge in [-0.25, -0.2) is 18.7 Å². The van der Waals surface area contributed by atoms with Crippen molar-refractivity contribution in [1.82, 2.24) is 5.09 Å². The smallest absolute Gasteiger partial charge is 0.345 e. The van der Waals surface area contributed by atoms with Gasteiger partial charge in [-0.1, -0.05) is 38.1 Å². The van der Waals surface area contributed by atoms with Crippen LogP contribution in [-0.2, 0) is 20.3 Å². The number of benzene rings is 2. The van der Waals surface area contributed by atoms with E-state index in [1.807, 2.05) is 13.8 Å². The number of hydrogen-bond donors (Lipinski definition) is 2. The Morgan fingerprint density at radius 2 is 1.84 bits per heavy atom. The number of esters is 1. The number of fused-ring (bicyclic) bond motifs is 1. The summed E-state index contributed by atoms with van der Waals surface area (Å²) in [4.78, 5) is 23.9. The monoisotopic (exact) mass is 553 g/mol. The van der Waals surface area contributed by atoms with Crippen LogP contribution in [0.25, 0.3) is 10.1 Å². The highest BCUT2D eigenvalue weighted by Gasteiger charge is 2.45. The number of rotatable bonds is 10. The summed E-state index contributed by atoms with van der Waals surface area (Å²) in [6.07, 6.45) is -0.707. The second kappa shape index (κ2) is 12.2. The zero-order valence-corrected chi connectivity index (χ0v) is 22.5. The minimum absolute atomic E-state index is 0.0808. The van der Waals surface area contributed by atoms with E-state index in [4.69, 9.17) is 9.26 Å². The van der Waals surface area contributed by atoms with Crippen LogP contribution in [0.5, 0.6) is 5.75 Å². The number of thiophene rings is 1. The lowest BCUT2D eigenvalue weighted by atomic mass is 9.82. The molecular formula is C26H30F2NO6PS. The number of carbonyl (C=O) groups is 2. The molecule has 2 N–H and O–H groups in total. The van der Waals surface area contributed by atoms with E-state index in [-0.39, 0.29) is 36.4 Å². The number of aromatic carboxylic acids is 1. The van der Waals surface area contributed by atoms with Crippen molar-refractivity contribution in [2.45, 2.75) is 51.7 Å². The van der Waals surface area contributed by atoms with Crippen molar-refractivity contribution in [1.29, 1.82) is 0 Å². The number of nitrogens with one attached hydrogen (secondary N) is 1. The fraction of sp³-hybridized carbons (Fsp3) is 0.385. The van der Waals surface area contributed by atoms with Crippen molar-refractivity contribution in [2.24, 2.45) is 5.92 Å². The third-order valence-electron chi connectivity index (χ3n) is 5.56. The van der Waals surface area contributed by atoms with E-state index in [0.29, 0.717) is 16.7 Å². The van der Waals surface area contributed by atoms with Gasteiger partial charge in [-0.3, -0.25) is 9.36 Å². The van der Waals surface area contributed by atoms with Gasteiger partial charge < -0.3 is 14.4 Å². The van der Waals surface area contributed by atoms with Crippen LogP contribution in [-0.4, -0.2) is 35.6 Å². The lowest BCUT2D eigenvalue weighted by Crippen LogP contribution is -2.40. The maximum absolute atomic E-state index is 13.9. The predicted molar refractivity (Wildman–Crippen MR) is 140 cm³/mol. The zero-order valence-electron chi connectivity index (χ0n) is 20.8. The molecule has 0 bridgehead atoms. The third kappa shape index (κ3) is 7.84. The Morgan fingerprint density at radius 1 is 1.16 bits per heavy atom. The maximum atomic E-state index is 13.9. The molecule has 1 aliphatic rings. The van der Waals surface area contributed by atoms with Crippen LogP contribution in [0.1, 0.15) is 48.8 Å². The van der Waals surface area contributed by atoms with Gasteiger partial charge >= 0.3 is 19.5 Å². The Hall–Kier alpha value is -2.81. The molecule has 2 unspecified atom stereocenters. The first-order valence-corrected chi connectivity index (χ1v) is 14.6. The van der Waals surface area contributed by atoms with Gasteiger partial charge in [0.2, 0.25) is 5.92 Å². The maximum Gasteiger partial charge on any atom is 0.345 e. The van der Waals surface area contributed by atoms with Crippen LogP contribution in [0, 0.1) is 5.92 Å². The van der Waals surface area contributed by atoms with Gasteiger partial charge in [-0.05, 0) is 48.2 Å². The molecule has 11 heteroatoms. The quantitative estimate of drug-likeness (QED) is 0.207. The van der Waals surface area contributed by atoms with E-state index in [2.05, 4.69) is 5.09 Å². The normalized spacial score (nSPS) is 17.0. The summed E-state index contributed by atoms with van der Waals surface area (Å²) < 4.78 is 51.7. The first-order chi connectivity index (χ1) is 17.5. The molecule has 0 amide bonds. The van der Waals surface area contributed by atoms with E-state index in [0.717, 1.165) is 16.0 Å². The highest BCUT2D eigenvalue weighted by molar-refractivity contribution is 7.56. The summed E-state index contributed by atoms with van der Waals surface area (Å²) in [6.45, 7) is 5.35. The summed E-state index contributed by atoms with van der Waals surface area (Å²) in [5.74, 6) is -4.48. The van der Waals surface area contributed by atoms with Crippen LogP contribution in [0.15, 0.2) is 54.6 Å². The molecule has 1 aliphatic carbocycles. The highest BCUT2D eigenvalue weighted by atomic mass is 32.1. The highest BCUT2D eigenvalue weighted by Crippen LogP contribution is 2.47. The SMILES string of the molecule is CC.CC(NP(=O)(Cc1ccc2sc(C(=O)O)cc2c1)Oc1ccccc1)C(=O)OCC1CC(F)(F)C1. The average molecular weight is 554 g/mol. The van der Waals surface area contributed by atoms with E-state index >= 15 is 0 Å². The molecule has 1 aromatic heterocycles. The van der Waals surface area contributed by atoms with Crippen molar-refractivity contribution in [3.63, 3.8) is 0 Å².